The van der Waals surface area contributed by atoms with Crippen LogP contribution in [0.5, 0.6) is 5.75 Å². The van der Waals surface area contributed by atoms with Crippen LogP contribution in [-0.4, -0.2) is 43.3 Å². The van der Waals surface area contributed by atoms with Crippen molar-refractivity contribution in [1.82, 2.24) is 5.32 Å². The maximum absolute atomic E-state index is 11.9. The number of nitrogens with one attached hydrogen (secondary N) is 1. The first-order valence-corrected chi connectivity index (χ1v) is 8.87. The molecule has 0 bridgehead atoms. The van der Waals surface area contributed by atoms with E-state index < -0.39 is 6.10 Å². The second-order valence-corrected chi connectivity index (χ2v) is 5.82. The number of carbonyl (C=O) groups is 1. The third-order valence-electron chi connectivity index (χ3n) is 3.55. The molecule has 5 heteroatoms. The van der Waals surface area contributed by atoms with Crippen LogP contribution >= 0.6 is 0 Å². The van der Waals surface area contributed by atoms with Crippen LogP contribution in [0.2, 0.25) is 0 Å². The molecule has 1 aromatic carbocycles. The van der Waals surface area contributed by atoms with Crippen LogP contribution in [0.25, 0.3) is 0 Å². The minimum atomic E-state index is -0.571. The Kier molecular flexibility index (Phi) is 10.3. The van der Waals surface area contributed by atoms with Gasteiger partial charge in [-0.05, 0) is 37.6 Å². The van der Waals surface area contributed by atoms with Crippen molar-refractivity contribution in [2.45, 2.75) is 52.7 Å². The summed E-state index contributed by atoms with van der Waals surface area (Å²) in [6.07, 6.45) is 1.86. The third kappa shape index (κ3) is 7.43. The van der Waals surface area contributed by atoms with E-state index in [-0.39, 0.29) is 12.4 Å². The summed E-state index contributed by atoms with van der Waals surface area (Å²) >= 11 is 0. The highest BCUT2D eigenvalue weighted by Gasteiger charge is 2.12. The van der Waals surface area contributed by atoms with Gasteiger partial charge in [-0.25, -0.2) is 0 Å². The molecule has 1 atom stereocenters. The lowest BCUT2D eigenvalue weighted by atomic mass is 10.1. The molecular weight excluding hydrogens is 306 g/mol. The predicted octanol–water partition coefficient (Wildman–Crippen LogP) is 2.95. The third-order valence-corrected chi connectivity index (χ3v) is 3.55. The van der Waals surface area contributed by atoms with E-state index >= 15 is 0 Å². The number of Topliss-reactive ketones (excluding diaryl/α,β-unsaturated/α-hetero) is 1. The number of benzene rings is 1. The molecule has 2 N–H and O–H groups in total. The lowest BCUT2D eigenvalue weighted by Crippen LogP contribution is -2.31. The summed E-state index contributed by atoms with van der Waals surface area (Å²) in [4.78, 5) is 11.9. The Morgan fingerprint density at radius 2 is 2.04 bits per heavy atom. The number of aliphatic hydroxyl groups is 1. The first kappa shape index (κ1) is 20.6. The molecule has 1 rings (SSSR count). The number of rotatable bonds is 13. The molecule has 0 radical (unpaired) electrons. The van der Waals surface area contributed by atoms with Crippen molar-refractivity contribution < 1.29 is 19.4 Å². The fourth-order valence-electron chi connectivity index (χ4n) is 2.23. The Balaban J connectivity index is 2.70. The van der Waals surface area contributed by atoms with Crippen LogP contribution in [0.3, 0.4) is 0 Å². The first-order chi connectivity index (χ1) is 11.6. The summed E-state index contributed by atoms with van der Waals surface area (Å²) in [5.41, 5.74) is 1.52. The zero-order valence-corrected chi connectivity index (χ0v) is 15.1. The zero-order valence-electron chi connectivity index (χ0n) is 15.1. The molecule has 0 aliphatic carbocycles. The minimum Gasteiger partial charge on any atom is -0.490 e. The van der Waals surface area contributed by atoms with Crippen LogP contribution < -0.4 is 10.1 Å². The number of ketones is 1. The Bertz CT molecular complexity index is 490. The van der Waals surface area contributed by atoms with Crippen molar-refractivity contribution in [3.05, 3.63) is 29.3 Å². The summed E-state index contributed by atoms with van der Waals surface area (Å²) in [6, 6.07) is 5.39. The average molecular weight is 337 g/mol. The van der Waals surface area contributed by atoms with Gasteiger partial charge in [0.1, 0.15) is 18.5 Å². The SMILES string of the molecule is CCCNC[C@H](O)COc1ccc(C(=O)CC)cc1COCCC. The maximum Gasteiger partial charge on any atom is 0.162 e. The minimum absolute atomic E-state index is 0.0992. The Labute approximate surface area is 145 Å². The largest absolute Gasteiger partial charge is 0.490 e. The highest BCUT2D eigenvalue weighted by molar-refractivity contribution is 5.96. The van der Waals surface area contributed by atoms with Gasteiger partial charge in [0, 0.05) is 30.7 Å². The Morgan fingerprint density at radius 3 is 2.71 bits per heavy atom. The highest BCUT2D eigenvalue weighted by Crippen LogP contribution is 2.22. The monoisotopic (exact) mass is 337 g/mol. The second-order valence-electron chi connectivity index (χ2n) is 5.82. The van der Waals surface area contributed by atoms with Crippen LogP contribution in [0, 0.1) is 0 Å². The van der Waals surface area contributed by atoms with Gasteiger partial charge in [0.15, 0.2) is 5.78 Å². The van der Waals surface area contributed by atoms with Gasteiger partial charge in [0.05, 0.1) is 6.61 Å². The van der Waals surface area contributed by atoms with Gasteiger partial charge < -0.3 is 19.9 Å². The number of hydrogen-bond donors (Lipinski definition) is 2. The lowest BCUT2D eigenvalue weighted by Gasteiger charge is -2.16. The number of ether oxygens (including phenoxy) is 2. The molecule has 0 aliphatic heterocycles. The first-order valence-electron chi connectivity index (χ1n) is 8.87. The van der Waals surface area contributed by atoms with Crippen molar-refractivity contribution in [1.29, 1.82) is 0 Å². The summed E-state index contributed by atoms with van der Waals surface area (Å²) in [5, 5.41) is 13.1. The van der Waals surface area contributed by atoms with Gasteiger partial charge >= 0.3 is 0 Å². The van der Waals surface area contributed by atoms with Crippen LogP contribution in [0.15, 0.2) is 18.2 Å². The van der Waals surface area contributed by atoms with Crippen LogP contribution in [-0.2, 0) is 11.3 Å². The molecular formula is C19H31NO4. The average Bonchev–Trinajstić information content (AvgIpc) is 2.60. The molecule has 0 fully saturated rings. The van der Waals surface area contributed by atoms with Gasteiger partial charge in [-0.2, -0.15) is 0 Å². The van der Waals surface area contributed by atoms with Crippen molar-refractivity contribution in [2.75, 3.05) is 26.3 Å². The molecule has 0 saturated heterocycles. The normalized spacial score (nSPS) is 12.2. The fraction of sp³-hybridized carbons (Fsp3) is 0.632. The van der Waals surface area contributed by atoms with E-state index in [2.05, 4.69) is 12.2 Å². The van der Waals surface area contributed by atoms with Gasteiger partial charge in [-0.15, -0.1) is 0 Å². The Hall–Kier alpha value is -1.43. The van der Waals surface area contributed by atoms with Gasteiger partial charge in [0.2, 0.25) is 0 Å². The quantitative estimate of drug-likeness (QED) is 0.428. The summed E-state index contributed by atoms with van der Waals surface area (Å²) in [5.74, 6) is 0.760. The van der Waals surface area contributed by atoms with Crippen molar-refractivity contribution in [3.8, 4) is 5.75 Å². The Morgan fingerprint density at radius 1 is 1.25 bits per heavy atom. The number of carbonyl (C=O) groups excluding carboxylic acids is 1. The molecule has 0 aliphatic rings. The van der Waals surface area contributed by atoms with Crippen molar-refractivity contribution >= 4 is 5.78 Å². The smallest absolute Gasteiger partial charge is 0.162 e. The van der Waals surface area contributed by atoms with E-state index in [4.69, 9.17) is 9.47 Å². The van der Waals surface area contributed by atoms with E-state index in [0.717, 1.165) is 24.9 Å². The standard InChI is InChI=1S/C19H31NO4/c1-4-9-20-12-17(21)14-24-19-8-7-15(18(22)6-3)11-16(19)13-23-10-5-2/h7-8,11,17,20-21H,4-6,9-10,12-14H2,1-3H3/t17-/m0/s1. The van der Waals surface area contributed by atoms with Gasteiger partial charge in [-0.1, -0.05) is 20.8 Å². The van der Waals surface area contributed by atoms with Crippen molar-refractivity contribution in [3.63, 3.8) is 0 Å². The molecule has 0 spiro atoms. The molecule has 0 saturated carbocycles. The van der Waals surface area contributed by atoms with E-state index in [0.29, 0.717) is 37.5 Å². The second kappa shape index (κ2) is 12.0. The maximum atomic E-state index is 11.9. The van der Waals surface area contributed by atoms with Gasteiger partial charge in [0.25, 0.3) is 0 Å². The molecule has 0 amide bonds. The van der Waals surface area contributed by atoms with E-state index in [1.807, 2.05) is 19.9 Å². The summed E-state index contributed by atoms with van der Waals surface area (Å²) in [6.45, 7) is 8.62. The van der Waals surface area contributed by atoms with E-state index in [9.17, 15) is 9.90 Å². The van der Waals surface area contributed by atoms with Crippen LogP contribution in [0.1, 0.15) is 56.0 Å². The molecule has 5 nitrogen and oxygen atoms in total. The van der Waals surface area contributed by atoms with Gasteiger partial charge in [-0.3, -0.25) is 4.79 Å². The van der Waals surface area contributed by atoms with E-state index in [1.54, 1.807) is 12.1 Å². The van der Waals surface area contributed by atoms with Crippen molar-refractivity contribution in [2.24, 2.45) is 0 Å². The topological polar surface area (TPSA) is 67.8 Å². The molecule has 1 aromatic rings. The molecule has 136 valence electrons. The molecule has 0 unspecified atom stereocenters. The summed E-state index contributed by atoms with van der Waals surface area (Å²) < 4.78 is 11.3. The van der Waals surface area contributed by atoms with Crippen LogP contribution in [0.4, 0.5) is 0 Å². The molecule has 24 heavy (non-hydrogen) atoms. The zero-order chi connectivity index (χ0) is 17.8. The van der Waals surface area contributed by atoms with E-state index in [1.165, 1.54) is 0 Å². The predicted molar refractivity (Wildman–Crippen MR) is 95.7 cm³/mol. The molecule has 0 heterocycles. The molecule has 0 aromatic heterocycles. The highest BCUT2D eigenvalue weighted by atomic mass is 16.5. The number of hydrogen-bond acceptors (Lipinski definition) is 5. The summed E-state index contributed by atoms with van der Waals surface area (Å²) in [7, 11) is 0. The fourth-order valence-corrected chi connectivity index (χ4v) is 2.23. The number of aliphatic hydroxyl groups excluding tert-OH is 1. The lowest BCUT2D eigenvalue weighted by molar-refractivity contribution is 0.0968.